The molecule has 1 aromatic carbocycles. The summed E-state index contributed by atoms with van der Waals surface area (Å²) in [6.45, 7) is 6.45. The molecule has 23 heavy (non-hydrogen) atoms. The first kappa shape index (κ1) is 15.6. The number of nitrogens with one attached hydrogen (secondary N) is 1. The number of carbonyl (C=O) groups is 1. The summed E-state index contributed by atoms with van der Waals surface area (Å²) < 4.78 is 11.3. The van der Waals surface area contributed by atoms with Crippen LogP contribution in [0.25, 0.3) is 0 Å². The Kier molecular flexibility index (Phi) is 4.37. The molecule has 0 radical (unpaired) electrons. The van der Waals surface area contributed by atoms with Gasteiger partial charge in [0.2, 0.25) is 5.76 Å². The van der Waals surface area contributed by atoms with Crippen LogP contribution in [0.3, 0.4) is 0 Å². The lowest BCUT2D eigenvalue weighted by molar-refractivity contribution is 0.0884. The highest BCUT2D eigenvalue weighted by atomic mass is 16.5. The molecule has 3 rings (SSSR count). The maximum Gasteiger partial charge on any atom is 0.289 e. The van der Waals surface area contributed by atoms with Gasteiger partial charge in [-0.25, -0.2) is 4.98 Å². The van der Waals surface area contributed by atoms with E-state index in [0.717, 1.165) is 24.2 Å². The Hall–Kier alpha value is -2.30. The van der Waals surface area contributed by atoms with Crippen LogP contribution >= 0.6 is 0 Å². The molecule has 1 aromatic heterocycles. The van der Waals surface area contributed by atoms with Gasteiger partial charge in [-0.3, -0.25) is 4.79 Å². The Morgan fingerprint density at radius 1 is 1.39 bits per heavy atom. The topological polar surface area (TPSA) is 64.4 Å². The minimum absolute atomic E-state index is 0.0598. The first-order valence-corrected chi connectivity index (χ1v) is 8.00. The van der Waals surface area contributed by atoms with Crippen LogP contribution < -0.4 is 10.1 Å². The highest BCUT2D eigenvalue weighted by Gasteiger charge is 2.24. The molecule has 122 valence electrons. The van der Waals surface area contributed by atoms with Crippen LogP contribution in [0, 0.1) is 12.8 Å². The number of carbonyl (C=O) groups excluding carboxylic acids is 1. The molecule has 0 saturated heterocycles. The van der Waals surface area contributed by atoms with Gasteiger partial charge in [0.15, 0.2) is 5.89 Å². The maximum absolute atomic E-state index is 12.4. The summed E-state index contributed by atoms with van der Waals surface area (Å²) >= 11 is 0. The Morgan fingerprint density at radius 2 is 2.17 bits per heavy atom. The van der Waals surface area contributed by atoms with Crippen molar-refractivity contribution in [3.8, 4) is 5.75 Å². The molecule has 0 spiro atoms. The van der Waals surface area contributed by atoms with Crippen LogP contribution in [0.1, 0.15) is 41.6 Å². The molecule has 5 nitrogen and oxygen atoms in total. The summed E-state index contributed by atoms with van der Waals surface area (Å²) in [5.41, 5.74) is 1.74. The zero-order chi connectivity index (χ0) is 16.4. The van der Waals surface area contributed by atoms with Gasteiger partial charge in [-0.1, -0.05) is 32.0 Å². The third-order valence-corrected chi connectivity index (χ3v) is 3.84. The minimum atomic E-state index is -0.224. The summed E-state index contributed by atoms with van der Waals surface area (Å²) in [5, 5.41) is 2.99. The molecule has 1 atom stereocenters. The zero-order valence-corrected chi connectivity index (χ0v) is 13.8. The fourth-order valence-electron chi connectivity index (χ4n) is 2.77. The highest BCUT2D eigenvalue weighted by molar-refractivity contribution is 5.92. The van der Waals surface area contributed by atoms with Crippen molar-refractivity contribution in [2.75, 3.05) is 6.61 Å². The molecule has 0 aliphatic carbocycles. The normalized spacial score (nSPS) is 16.8. The molecule has 0 saturated carbocycles. The molecule has 2 heterocycles. The Bertz CT molecular complexity index is 706. The van der Waals surface area contributed by atoms with Gasteiger partial charge in [0.05, 0.1) is 11.7 Å². The number of fused-ring (bicyclic) bond motifs is 1. The number of ether oxygens (including phenoxy) is 1. The van der Waals surface area contributed by atoms with Crippen molar-refractivity contribution in [2.24, 2.45) is 5.92 Å². The van der Waals surface area contributed by atoms with E-state index < -0.39 is 0 Å². The van der Waals surface area contributed by atoms with E-state index in [1.54, 1.807) is 6.92 Å². The van der Waals surface area contributed by atoms with Crippen LogP contribution in [-0.4, -0.2) is 23.5 Å². The smallest absolute Gasteiger partial charge is 0.289 e. The highest BCUT2D eigenvalue weighted by Crippen LogP contribution is 2.24. The van der Waals surface area contributed by atoms with Crippen LogP contribution in [0.5, 0.6) is 5.75 Å². The fourth-order valence-corrected chi connectivity index (χ4v) is 2.77. The summed E-state index contributed by atoms with van der Waals surface area (Å²) in [7, 11) is 0. The number of para-hydroxylation sites is 1. The summed E-state index contributed by atoms with van der Waals surface area (Å²) in [5.74, 6) is 2.03. The molecule has 5 heteroatoms. The van der Waals surface area contributed by atoms with Gasteiger partial charge in [-0.2, -0.15) is 0 Å². The standard InChI is InChI=1S/C18H22N2O3/c1-11(2)8-16-19-12(3)17(23-16)18(21)20-14-9-13-6-4-5-7-15(13)22-10-14/h4-7,11,14H,8-10H2,1-3H3,(H,20,21). The van der Waals surface area contributed by atoms with Gasteiger partial charge in [-0.05, 0) is 30.9 Å². The molecule has 0 fully saturated rings. The van der Waals surface area contributed by atoms with Crippen molar-refractivity contribution in [1.82, 2.24) is 10.3 Å². The Balaban J connectivity index is 1.67. The summed E-state index contributed by atoms with van der Waals surface area (Å²) in [6.07, 6.45) is 1.49. The van der Waals surface area contributed by atoms with Crippen LogP contribution in [-0.2, 0) is 12.8 Å². The van der Waals surface area contributed by atoms with Crippen molar-refractivity contribution in [3.05, 3.63) is 47.2 Å². The molecule has 1 unspecified atom stereocenters. The van der Waals surface area contributed by atoms with Gasteiger partial charge in [0, 0.05) is 6.42 Å². The van der Waals surface area contributed by atoms with Crippen LogP contribution in [0.2, 0.25) is 0 Å². The SMILES string of the molecule is Cc1nc(CC(C)C)oc1C(=O)NC1COc2ccccc2C1. The quantitative estimate of drug-likeness (QED) is 0.942. The van der Waals surface area contributed by atoms with Crippen molar-refractivity contribution in [1.29, 1.82) is 0 Å². The Morgan fingerprint density at radius 3 is 2.96 bits per heavy atom. The first-order valence-electron chi connectivity index (χ1n) is 8.00. The molecule has 1 amide bonds. The zero-order valence-electron chi connectivity index (χ0n) is 13.8. The fraction of sp³-hybridized carbons (Fsp3) is 0.444. The second kappa shape index (κ2) is 6.44. The lowest BCUT2D eigenvalue weighted by Crippen LogP contribution is -2.42. The number of hydrogen-bond donors (Lipinski definition) is 1. The number of hydrogen-bond acceptors (Lipinski definition) is 4. The predicted octanol–water partition coefficient (Wildman–Crippen LogP) is 2.92. The third-order valence-electron chi connectivity index (χ3n) is 3.84. The van der Waals surface area contributed by atoms with E-state index in [2.05, 4.69) is 24.1 Å². The molecule has 1 aliphatic rings. The number of aromatic nitrogens is 1. The van der Waals surface area contributed by atoms with E-state index in [9.17, 15) is 4.79 Å². The lowest BCUT2D eigenvalue weighted by atomic mass is 10.0. The van der Waals surface area contributed by atoms with E-state index in [1.807, 2.05) is 24.3 Å². The minimum Gasteiger partial charge on any atom is -0.491 e. The van der Waals surface area contributed by atoms with Crippen LogP contribution in [0.4, 0.5) is 0 Å². The van der Waals surface area contributed by atoms with Gasteiger partial charge in [0.1, 0.15) is 12.4 Å². The number of nitrogens with zero attached hydrogens (tertiary/aromatic N) is 1. The molecule has 1 N–H and O–H groups in total. The van der Waals surface area contributed by atoms with E-state index in [1.165, 1.54) is 0 Å². The number of aryl methyl sites for hydroxylation is 1. The number of oxazole rings is 1. The lowest BCUT2D eigenvalue weighted by Gasteiger charge is -2.25. The van der Waals surface area contributed by atoms with E-state index in [-0.39, 0.29) is 11.9 Å². The average Bonchev–Trinajstić information content (AvgIpc) is 2.87. The second-order valence-corrected chi connectivity index (χ2v) is 6.41. The molecular formula is C18H22N2O3. The van der Waals surface area contributed by atoms with E-state index >= 15 is 0 Å². The van der Waals surface area contributed by atoms with E-state index in [4.69, 9.17) is 9.15 Å². The predicted molar refractivity (Wildman–Crippen MR) is 86.7 cm³/mol. The van der Waals surface area contributed by atoms with Crippen molar-refractivity contribution >= 4 is 5.91 Å². The van der Waals surface area contributed by atoms with Gasteiger partial charge < -0.3 is 14.5 Å². The van der Waals surface area contributed by atoms with Crippen molar-refractivity contribution < 1.29 is 13.9 Å². The van der Waals surface area contributed by atoms with Crippen molar-refractivity contribution in [3.63, 3.8) is 0 Å². The number of benzene rings is 1. The number of rotatable bonds is 4. The number of amides is 1. The van der Waals surface area contributed by atoms with Crippen LogP contribution in [0.15, 0.2) is 28.7 Å². The maximum atomic E-state index is 12.4. The summed E-state index contributed by atoms with van der Waals surface area (Å²) in [6, 6.07) is 7.84. The van der Waals surface area contributed by atoms with Crippen molar-refractivity contribution in [2.45, 2.75) is 39.7 Å². The summed E-state index contributed by atoms with van der Waals surface area (Å²) in [4.78, 5) is 16.8. The largest absolute Gasteiger partial charge is 0.491 e. The van der Waals surface area contributed by atoms with Gasteiger partial charge in [0.25, 0.3) is 5.91 Å². The van der Waals surface area contributed by atoms with Gasteiger partial charge >= 0.3 is 0 Å². The molecule has 0 bridgehead atoms. The van der Waals surface area contributed by atoms with Gasteiger partial charge in [-0.15, -0.1) is 0 Å². The average molecular weight is 314 g/mol. The monoisotopic (exact) mass is 314 g/mol. The Labute approximate surface area is 136 Å². The molecular weight excluding hydrogens is 292 g/mol. The second-order valence-electron chi connectivity index (χ2n) is 6.41. The third kappa shape index (κ3) is 3.55. The molecule has 1 aliphatic heterocycles. The molecule has 2 aromatic rings. The first-order chi connectivity index (χ1) is 11.0. The van der Waals surface area contributed by atoms with E-state index in [0.29, 0.717) is 29.9 Å².